The number of piperidine rings is 1. The van der Waals surface area contributed by atoms with Crippen molar-refractivity contribution in [1.82, 2.24) is 10.2 Å². The lowest BCUT2D eigenvalue weighted by Gasteiger charge is -2.35. The van der Waals surface area contributed by atoms with Crippen molar-refractivity contribution in [2.24, 2.45) is 0 Å². The van der Waals surface area contributed by atoms with Gasteiger partial charge in [-0.05, 0) is 33.9 Å². The highest BCUT2D eigenvalue weighted by molar-refractivity contribution is 5.76. The van der Waals surface area contributed by atoms with E-state index in [2.05, 4.69) is 11.9 Å². The molecule has 2 heterocycles. The Morgan fingerprint density at radius 3 is 2.38 bits per heavy atom. The summed E-state index contributed by atoms with van der Waals surface area (Å²) >= 11 is 0. The fourth-order valence-corrected chi connectivity index (χ4v) is 2.49. The van der Waals surface area contributed by atoms with Crippen LogP contribution in [0.1, 0.15) is 33.6 Å². The number of hydrogen-bond acceptors (Lipinski definition) is 3. The first-order valence-corrected chi connectivity index (χ1v) is 5.80. The van der Waals surface area contributed by atoms with E-state index in [-0.39, 0.29) is 11.6 Å². The maximum atomic E-state index is 11.9. The molecule has 0 aliphatic carbocycles. The second-order valence-corrected chi connectivity index (χ2v) is 5.57. The number of nitrogens with zero attached hydrogens (tertiary/aromatic N) is 1. The number of amides is 1. The van der Waals surface area contributed by atoms with Crippen LogP contribution < -0.4 is 5.32 Å². The molecule has 2 aliphatic heterocycles. The molecule has 90 valence electrons. The van der Waals surface area contributed by atoms with Gasteiger partial charge in [0.05, 0.1) is 5.70 Å². The van der Waals surface area contributed by atoms with Crippen molar-refractivity contribution in [2.75, 3.05) is 13.1 Å². The maximum absolute atomic E-state index is 11.9. The van der Waals surface area contributed by atoms with E-state index < -0.39 is 5.60 Å². The van der Waals surface area contributed by atoms with Gasteiger partial charge in [-0.3, -0.25) is 4.90 Å². The van der Waals surface area contributed by atoms with E-state index in [1.165, 1.54) is 0 Å². The molecule has 2 rings (SSSR count). The summed E-state index contributed by atoms with van der Waals surface area (Å²) in [6.45, 7) is 11.8. The van der Waals surface area contributed by atoms with E-state index >= 15 is 0 Å². The highest BCUT2D eigenvalue weighted by atomic mass is 16.6. The molecule has 4 heteroatoms. The smallest absolute Gasteiger partial charge is 0.415 e. The first-order chi connectivity index (χ1) is 7.37. The molecule has 4 nitrogen and oxygen atoms in total. The second-order valence-electron chi connectivity index (χ2n) is 5.57. The summed E-state index contributed by atoms with van der Waals surface area (Å²) in [5.74, 6) is 0. The predicted molar refractivity (Wildman–Crippen MR) is 62.0 cm³/mol. The highest BCUT2D eigenvalue weighted by Gasteiger charge is 2.52. The van der Waals surface area contributed by atoms with Crippen LogP contribution in [0.2, 0.25) is 0 Å². The minimum absolute atomic E-state index is 0.251. The third-order valence-electron chi connectivity index (χ3n) is 3.34. The normalized spacial score (nSPS) is 25.1. The standard InChI is InChI=1S/C12H20N2O2/c1-9-12(5-7-13-8-6-12)16-10(15)14(9)11(2,3)4/h13H,1,5-8H2,2-4H3. The molecule has 0 aromatic rings. The van der Waals surface area contributed by atoms with E-state index in [0.717, 1.165) is 31.6 Å². The molecule has 0 aromatic heterocycles. The SMILES string of the molecule is C=C1N(C(C)(C)C)C(=O)OC12CCNCC2. The fourth-order valence-electron chi connectivity index (χ4n) is 2.49. The molecule has 0 radical (unpaired) electrons. The Bertz CT molecular complexity index is 324. The summed E-state index contributed by atoms with van der Waals surface area (Å²) in [6.07, 6.45) is 1.40. The van der Waals surface area contributed by atoms with Crippen molar-refractivity contribution in [3.8, 4) is 0 Å². The van der Waals surface area contributed by atoms with Gasteiger partial charge in [0.1, 0.15) is 0 Å². The molecule has 1 N–H and O–H groups in total. The number of ether oxygens (including phenoxy) is 1. The zero-order valence-corrected chi connectivity index (χ0v) is 10.3. The van der Waals surface area contributed by atoms with Crippen LogP contribution in [0.15, 0.2) is 12.3 Å². The molecule has 2 fully saturated rings. The first-order valence-electron chi connectivity index (χ1n) is 5.80. The number of nitrogens with one attached hydrogen (secondary N) is 1. The molecule has 1 spiro atoms. The van der Waals surface area contributed by atoms with Crippen LogP contribution in [0.5, 0.6) is 0 Å². The molecule has 2 saturated heterocycles. The molecular weight excluding hydrogens is 204 g/mol. The van der Waals surface area contributed by atoms with E-state index in [9.17, 15) is 4.79 Å². The molecule has 0 atom stereocenters. The lowest BCUT2D eigenvalue weighted by Crippen LogP contribution is -2.45. The Morgan fingerprint density at radius 2 is 1.94 bits per heavy atom. The van der Waals surface area contributed by atoms with Crippen LogP contribution in [0.25, 0.3) is 0 Å². The molecule has 0 unspecified atom stereocenters. The Hall–Kier alpha value is -1.03. The molecule has 1 amide bonds. The molecule has 0 bridgehead atoms. The van der Waals surface area contributed by atoms with Crippen LogP contribution in [-0.2, 0) is 4.74 Å². The summed E-state index contributed by atoms with van der Waals surface area (Å²) in [5, 5.41) is 3.27. The van der Waals surface area contributed by atoms with Crippen LogP contribution in [-0.4, -0.2) is 35.2 Å². The minimum atomic E-state index is -0.449. The van der Waals surface area contributed by atoms with Crippen molar-refractivity contribution < 1.29 is 9.53 Å². The largest absolute Gasteiger partial charge is 0.436 e. The third kappa shape index (κ3) is 1.61. The van der Waals surface area contributed by atoms with Crippen molar-refractivity contribution in [1.29, 1.82) is 0 Å². The molecule has 2 aliphatic rings. The first kappa shape index (κ1) is 11.5. The predicted octanol–water partition coefficient (Wildman–Crippen LogP) is 1.87. The summed E-state index contributed by atoms with van der Waals surface area (Å²) in [5.41, 5.74) is 0.115. The Labute approximate surface area is 96.6 Å². The average molecular weight is 224 g/mol. The van der Waals surface area contributed by atoms with Gasteiger partial charge in [-0.2, -0.15) is 0 Å². The number of carbonyl (C=O) groups excluding carboxylic acids is 1. The quantitative estimate of drug-likeness (QED) is 0.683. The topological polar surface area (TPSA) is 41.6 Å². The molecular formula is C12H20N2O2. The van der Waals surface area contributed by atoms with E-state index in [4.69, 9.17) is 4.74 Å². The summed E-state index contributed by atoms with van der Waals surface area (Å²) < 4.78 is 5.59. The van der Waals surface area contributed by atoms with Gasteiger partial charge in [0.15, 0.2) is 5.60 Å². The summed E-state index contributed by atoms with van der Waals surface area (Å²) in [4.78, 5) is 13.6. The average Bonchev–Trinajstić information content (AvgIpc) is 2.38. The van der Waals surface area contributed by atoms with Crippen molar-refractivity contribution in [2.45, 2.75) is 44.8 Å². The minimum Gasteiger partial charge on any atom is -0.436 e. The number of hydrogen-bond donors (Lipinski definition) is 1. The summed E-state index contributed by atoms with van der Waals surface area (Å²) in [7, 11) is 0. The van der Waals surface area contributed by atoms with Gasteiger partial charge in [-0.25, -0.2) is 4.79 Å². The van der Waals surface area contributed by atoms with Crippen LogP contribution in [0.3, 0.4) is 0 Å². The number of carbonyl (C=O) groups is 1. The second kappa shape index (κ2) is 3.48. The van der Waals surface area contributed by atoms with Crippen molar-refractivity contribution >= 4 is 6.09 Å². The highest BCUT2D eigenvalue weighted by Crippen LogP contribution is 2.42. The third-order valence-corrected chi connectivity index (χ3v) is 3.34. The molecule has 0 aromatic carbocycles. The monoisotopic (exact) mass is 224 g/mol. The summed E-state index contributed by atoms with van der Waals surface area (Å²) in [6, 6.07) is 0. The van der Waals surface area contributed by atoms with Gasteiger partial charge in [0, 0.05) is 18.4 Å². The lowest BCUT2D eigenvalue weighted by molar-refractivity contribution is 0.0445. The van der Waals surface area contributed by atoms with Gasteiger partial charge < -0.3 is 10.1 Å². The maximum Gasteiger partial charge on any atom is 0.415 e. The molecule has 0 saturated carbocycles. The fraction of sp³-hybridized carbons (Fsp3) is 0.750. The van der Waals surface area contributed by atoms with Gasteiger partial charge in [-0.1, -0.05) is 6.58 Å². The van der Waals surface area contributed by atoms with Crippen molar-refractivity contribution in [3.05, 3.63) is 12.3 Å². The Morgan fingerprint density at radius 1 is 1.38 bits per heavy atom. The van der Waals surface area contributed by atoms with Crippen LogP contribution in [0, 0.1) is 0 Å². The van der Waals surface area contributed by atoms with Gasteiger partial charge >= 0.3 is 6.09 Å². The van der Waals surface area contributed by atoms with Gasteiger partial charge in [0.2, 0.25) is 0 Å². The van der Waals surface area contributed by atoms with E-state index in [0.29, 0.717) is 0 Å². The lowest BCUT2D eigenvalue weighted by atomic mass is 9.88. The Kier molecular flexibility index (Phi) is 2.49. The zero-order valence-electron chi connectivity index (χ0n) is 10.3. The number of rotatable bonds is 0. The van der Waals surface area contributed by atoms with E-state index in [1.807, 2.05) is 20.8 Å². The van der Waals surface area contributed by atoms with Gasteiger partial charge in [-0.15, -0.1) is 0 Å². The van der Waals surface area contributed by atoms with Gasteiger partial charge in [0.25, 0.3) is 0 Å². The Balaban J connectivity index is 2.28. The van der Waals surface area contributed by atoms with Crippen LogP contribution >= 0.6 is 0 Å². The van der Waals surface area contributed by atoms with Crippen LogP contribution in [0.4, 0.5) is 4.79 Å². The molecule has 16 heavy (non-hydrogen) atoms. The zero-order chi connectivity index (χ0) is 12.0. The van der Waals surface area contributed by atoms with Crippen molar-refractivity contribution in [3.63, 3.8) is 0 Å². The van der Waals surface area contributed by atoms with E-state index in [1.54, 1.807) is 4.90 Å².